The number of aromatic hydroxyl groups is 1. The molecule has 0 saturated heterocycles. The molecule has 0 saturated carbocycles. The van der Waals surface area contributed by atoms with Gasteiger partial charge >= 0.3 is 11.9 Å². The third-order valence-electron chi connectivity index (χ3n) is 11.7. The quantitative estimate of drug-likeness (QED) is 0.159. The highest BCUT2D eigenvalue weighted by atomic mass is 16.6. The fourth-order valence-corrected chi connectivity index (χ4v) is 7.32. The zero-order valence-electron chi connectivity index (χ0n) is 33.9. The smallest absolute Gasteiger partial charge is 0.324 e. The lowest BCUT2D eigenvalue weighted by molar-refractivity contribution is -0.186. The molecule has 1 N–H and O–H groups in total. The van der Waals surface area contributed by atoms with Crippen LogP contribution in [0.5, 0.6) is 5.75 Å². The summed E-state index contributed by atoms with van der Waals surface area (Å²) >= 11 is 0. The molecule has 276 valence electrons. The Labute approximate surface area is 298 Å². The number of unbranched alkanes of at least 4 members (excludes halogenated alkanes) is 1. The Bertz CT molecular complexity index is 1350. The van der Waals surface area contributed by atoms with Gasteiger partial charge in [-0.05, 0) is 122 Å². The number of phenols is 1. The van der Waals surface area contributed by atoms with Gasteiger partial charge in [-0.25, -0.2) is 0 Å². The Balaban J connectivity index is 2.27. The van der Waals surface area contributed by atoms with Gasteiger partial charge in [0.2, 0.25) is 0 Å². The van der Waals surface area contributed by atoms with E-state index in [-0.39, 0.29) is 40.5 Å². The molecular weight excluding hydrogens is 612 g/mol. The largest absolute Gasteiger partial charge is 0.507 e. The molecule has 0 aromatic heterocycles. The van der Waals surface area contributed by atoms with Crippen molar-refractivity contribution in [2.24, 2.45) is 5.41 Å². The molecule has 2 atom stereocenters. The number of likely N-dealkylation sites (N-methyl/N-ethyl adjacent to an activating group) is 2. The summed E-state index contributed by atoms with van der Waals surface area (Å²) < 4.78 is 13.0. The van der Waals surface area contributed by atoms with Gasteiger partial charge in [0.25, 0.3) is 0 Å². The molecule has 2 aliphatic heterocycles. The fraction of sp³-hybridized carbons (Fsp3) is 0.714. The monoisotopic (exact) mass is 681 g/mol. The maximum absolute atomic E-state index is 15.0. The average Bonchev–Trinajstić information content (AvgIpc) is 2.96. The highest BCUT2D eigenvalue weighted by molar-refractivity contribution is 6.00. The molecular formula is C42H68N2O5. The van der Waals surface area contributed by atoms with Crippen LogP contribution in [0.1, 0.15) is 140 Å². The van der Waals surface area contributed by atoms with E-state index in [1.807, 2.05) is 38.4 Å². The summed E-state index contributed by atoms with van der Waals surface area (Å²) in [5.41, 5.74) is -1.56. The molecule has 2 aliphatic rings. The molecule has 3 rings (SSSR count). The summed E-state index contributed by atoms with van der Waals surface area (Å²) in [6.45, 7) is 31.3. The van der Waals surface area contributed by atoms with Gasteiger partial charge in [-0.15, -0.1) is 0 Å². The average molecular weight is 681 g/mol. The van der Waals surface area contributed by atoms with Crippen molar-refractivity contribution in [3.05, 3.63) is 53.1 Å². The van der Waals surface area contributed by atoms with Crippen molar-refractivity contribution in [1.29, 1.82) is 0 Å². The van der Waals surface area contributed by atoms with Crippen molar-refractivity contribution in [1.82, 2.24) is 9.80 Å². The van der Waals surface area contributed by atoms with E-state index in [0.717, 1.165) is 23.1 Å². The zero-order chi connectivity index (χ0) is 37.8. The minimum Gasteiger partial charge on any atom is -0.507 e. The number of rotatable bonds is 9. The van der Waals surface area contributed by atoms with Crippen molar-refractivity contribution in [2.45, 2.75) is 175 Å². The molecule has 1 aromatic rings. The summed E-state index contributed by atoms with van der Waals surface area (Å²) in [5, 5.41) is 11.5. The number of carbonyl (C=O) groups excluding carboxylic acids is 2. The van der Waals surface area contributed by atoms with Gasteiger partial charge < -0.3 is 14.6 Å². The normalized spacial score (nSPS) is 24.7. The van der Waals surface area contributed by atoms with Gasteiger partial charge in [-0.3, -0.25) is 19.4 Å². The predicted octanol–water partition coefficient (Wildman–Crippen LogP) is 8.65. The van der Waals surface area contributed by atoms with E-state index in [0.29, 0.717) is 6.42 Å². The van der Waals surface area contributed by atoms with Crippen molar-refractivity contribution in [3.8, 4) is 5.75 Å². The first-order valence-electron chi connectivity index (χ1n) is 18.2. The first-order valence-corrected chi connectivity index (χ1v) is 18.2. The van der Waals surface area contributed by atoms with Crippen molar-refractivity contribution in [2.75, 3.05) is 14.1 Å². The van der Waals surface area contributed by atoms with Crippen LogP contribution in [0.2, 0.25) is 0 Å². The van der Waals surface area contributed by atoms with Crippen LogP contribution in [0, 0.1) is 5.41 Å². The second kappa shape index (κ2) is 13.5. The number of phenolic OH excluding ortho intramolecular Hbond substituents is 1. The second-order valence-electron chi connectivity index (χ2n) is 19.0. The van der Waals surface area contributed by atoms with Crippen LogP contribution in [0.3, 0.4) is 0 Å². The third-order valence-corrected chi connectivity index (χ3v) is 11.7. The number of ether oxygens (including phenoxy) is 2. The van der Waals surface area contributed by atoms with Crippen molar-refractivity contribution < 1.29 is 24.2 Å². The Morgan fingerprint density at radius 1 is 0.735 bits per heavy atom. The number of benzene rings is 1. The molecule has 0 aliphatic carbocycles. The van der Waals surface area contributed by atoms with Gasteiger partial charge in [0.15, 0.2) is 5.41 Å². The minimum absolute atomic E-state index is 0.0908. The van der Waals surface area contributed by atoms with Gasteiger partial charge in [-0.1, -0.05) is 85.6 Å². The Morgan fingerprint density at radius 3 is 1.43 bits per heavy atom. The summed E-state index contributed by atoms with van der Waals surface area (Å²) in [5.74, 6) is -0.890. The van der Waals surface area contributed by atoms with E-state index < -0.39 is 40.6 Å². The minimum atomic E-state index is -1.62. The van der Waals surface area contributed by atoms with E-state index in [1.165, 1.54) is 0 Å². The van der Waals surface area contributed by atoms with Crippen LogP contribution >= 0.6 is 0 Å². The predicted molar refractivity (Wildman–Crippen MR) is 201 cm³/mol. The number of nitrogens with zero attached hydrogens (tertiary/aromatic N) is 2. The van der Waals surface area contributed by atoms with E-state index in [4.69, 9.17) is 9.47 Å². The highest BCUT2D eigenvalue weighted by Crippen LogP contribution is 2.44. The molecule has 1 aromatic carbocycles. The molecule has 0 bridgehead atoms. The molecule has 2 heterocycles. The highest BCUT2D eigenvalue weighted by Gasteiger charge is 2.54. The first kappa shape index (κ1) is 40.8. The molecule has 7 heteroatoms. The maximum Gasteiger partial charge on any atom is 0.324 e. The first-order chi connectivity index (χ1) is 22.1. The molecule has 2 unspecified atom stereocenters. The maximum atomic E-state index is 15.0. The lowest BCUT2D eigenvalue weighted by Gasteiger charge is -2.52. The summed E-state index contributed by atoms with van der Waals surface area (Å²) in [7, 11) is 4.08. The Morgan fingerprint density at radius 2 is 1.10 bits per heavy atom. The molecule has 0 amide bonds. The van der Waals surface area contributed by atoms with Crippen LogP contribution in [0.25, 0.3) is 0 Å². The van der Waals surface area contributed by atoms with E-state index in [9.17, 15) is 14.7 Å². The van der Waals surface area contributed by atoms with Gasteiger partial charge in [0.05, 0.1) is 11.1 Å². The van der Waals surface area contributed by atoms with E-state index in [2.05, 4.69) is 126 Å². The number of hydrogen-bond donors (Lipinski definition) is 1. The van der Waals surface area contributed by atoms with Crippen LogP contribution in [0.4, 0.5) is 0 Å². The van der Waals surface area contributed by atoms with Gasteiger partial charge in [0.1, 0.15) is 18.0 Å². The summed E-state index contributed by atoms with van der Waals surface area (Å²) in [4.78, 5) is 34.4. The molecule has 49 heavy (non-hydrogen) atoms. The summed E-state index contributed by atoms with van der Waals surface area (Å²) in [6.07, 6.45) is 8.69. The van der Waals surface area contributed by atoms with Crippen LogP contribution in [-0.2, 0) is 36.3 Å². The van der Waals surface area contributed by atoms with Crippen LogP contribution < -0.4 is 0 Å². The van der Waals surface area contributed by atoms with Crippen LogP contribution in [0.15, 0.2) is 36.4 Å². The number of carbonyl (C=O) groups is 2. The second-order valence-corrected chi connectivity index (χ2v) is 19.0. The van der Waals surface area contributed by atoms with Crippen molar-refractivity contribution >= 4 is 11.9 Å². The molecule has 7 nitrogen and oxygen atoms in total. The van der Waals surface area contributed by atoms with E-state index in [1.54, 1.807) is 0 Å². The molecule has 0 radical (unpaired) electrons. The molecule has 0 fully saturated rings. The standard InChI is InChI=1S/C42H68N2O5/c1-18-19-22-42(34(46)48-31-20-23-38(8,9)43(16)40(31,12)13,35(47)49-32-21-24-39(10,11)44(17)41(32,14)15)27-28-25-29(36(2,3)4)33(45)30(26-28)37(5,6)7/h20-21,23-26,31-32,45H,18-19,22,27H2,1-17H3. The Hall–Kier alpha value is -2.64. The van der Waals surface area contributed by atoms with Gasteiger partial charge in [0, 0.05) is 11.1 Å². The Kier molecular flexibility index (Phi) is 11.2. The third kappa shape index (κ3) is 7.98. The topological polar surface area (TPSA) is 79.3 Å². The van der Waals surface area contributed by atoms with Crippen LogP contribution in [-0.4, -0.2) is 75.3 Å². The number of hydrogen-bond acceptors (Lipinski definition) is 7. The van der Waals surface area contributed by atoms with E-state index >= 15 is 0 Å². The molecule has 0 spiro atoms. The number of esters is 2. The van der Waals surface area contributed by atoms with Gasteiger partial charge in [-0.2, -0.15) is 0 Å². The van der Waals surface area contributed by atoms with Crippen molar-refractivity contribution in [3.63, 3.8) is 0 Å². The zero-order valence-corrected chi connectivity index (χ0v) is 33.9. The lowest BCUT2D eigenvalue weighted by atomic mass is 9.73. The fourth-order valence-electron chi connectivity index (χ4n) is 7.32. The SMILES string of the molecule is CCCCC(Cc1cc(C(C)(C)C)c(O)c(C(C)(C)C)c1)(C(=O)OC1C=CC(C)(C)N(C)C1(C)C)C(=O)OC1C=CC(C)(C)N(C)C1(C)C. The summed E-state index contributed by atoms with van der Waals surface area (Å²) in [6, 6.07) is 3.93. The lowest BCUT2D eigenvalue weighted by Crippen LogP contribution is -2.63.